The number of nitrogens with zero attached hydrogens (tertiary/aromatic N) is 3. The van der Waals surface area contributed by atoms with Crippen molar-refractivity contribution in [1.29, 1.82) is 0 Å². The van der Waals surface area contributed by atoms with Crippen LogP contribution < -0.4 is 4.90 Å². The molecule has 0 aliphatic carbocycles. The summed E-state index contributed by atoms with van der Waals surface area (Å²) in [7, 11) is 3.89. The molecule has 1 aromatic rings. The molecule has 0 unspecified atom stereocenters. The lowest BCUT2D eigenvalue weighted by atomic mass is 10.0. The van der Waals surface area contributed by atoms with E-state index in [-0.39, 0.29) is 5.91 Å². The zero-order valence-corrected chi connectivity index (χ0v) is 12.3. The van der Waals surface area contributed by atoms with E-state index >= 15 is 0 Å². The zero-order valence-electron chi connectivity index (χ0n) is 12.3. The molecule has 4 nitrogen and oxygen atoms in total. The SMILES string of the molecule is CC(C)[C@H]1CCCN1C(=O)c1ccc(N(C)C)nc1. The van der Waals surface area contributed by atoms with E-state index in [0.29, 0.717) is 17.5 Å². The molecule has 1 aromatic heterocycles. The molecule has 1 fully saturated rings. The number of pyridine rings is 1. The Morgan fingerprint density at radius 3 is 2.68 bits per heavy atom. The second-order valence-electron chi connectivity index (χ2n) is 5.75. The van der Waals surface area contributed by atoms with Crippen LogP contribution in [0.15, 0.2) is 18.3 Å². The van der Waals surface area contributed by atoms with E-state index in [1.165, 1.54) is 0 Å². The number of carbonyl (C=O) groups is 1. The van der Waals surface area contributed by atoms with Gasteiger partial charge in [-0.15, -0.1) is 0 Å². The number of hydrogen-bond donors (Lipinski definition) is 0. The Labute approximate surface area is 115 Å². The number of amides is 1. The van der Waals surface area contributed by atoms with Crippen LogP contribution in [0.2, 0.25) is 0 Å². The first kappa shape index (κ1) is 13.8. The normalized spacial score (nSPS) is 19.0. The first-order valence-corrected chi connectivity index (χ1v) is 6.95. The summed E-state index contributed by atoms with van der Waals surface area (Å²) in [5, 5.41) is 0. The molecule has 0 aromatic carbocycles. The van der Waals surface area contributed by atoms with E-state index < -0.39 is 0 Å². The van der Waals surface area contributed by atoms with Crippen LogP contribution in [0, 0.1) is 5.92 Å². The van der Waals surface area contributed by atoms with Crippen molar-refractivity contribution in [3.63, 3.8) is 0 Å². The van der Waals surface area contributed by atoms with Gasteiger partial charge in [-0.1, -0.05) is 13.8 Å². The Kier molecular flexibility index (Phi) is 4.08. The predicted octanol–water partition coefficient (Wildman–Crippen LogP) is 2.41. The molecular formula is C15H23N3O. The van der Waals surface area contributed by atoms with Gasteiger partial charge in [-0.25, -0.2) is 4.98 Å². The van der Waals surface area contributed by atoms with Crippen LogP contribution in [0.1, 0.15) is 37.0 Å². The monoisotopic (exact) mass is 261 g/mol. The minimum Gasteiger partial charge on any atom is -0.363 e. The number of anilines is 1. The smallest absolute Gasteiger partial charge is 0.255 e. The molecule has 0 spiro atoms. The van der Waals surface area contributed by atoms with Crippen molar-refractivity contribution in [3.05, 3.63) is 23.9 Å². The molecule has 0 saturated carbocycles. The van der Waals surface area contributed by atoms with E-state index in [0.717, 1.165) is 25.2 Å². The lowest BCUT2D eigenvalue weighted by Gasteiger charge is -2.27. The van der Waals surface area contributed by atoms with Crippen molar-refractivity contribution < 1.29 is 4.79 Å². The van der Waals surface area contributed by atoms with E-state index in [4.69, 9.17) is 0 Å². The molecule has 0 bridgehead atoms. The fourth-order valence-electron chi connectivity index (χ4n) is 2.68. The van der Waals surface area contributed by atoms with Crippen LogP contribution in [-0.4, -0.2) is 42.5 Å². The molecule has 19 heavy (non-hydrogen) atoms. The van der Waals surface area contributed by atoms with Crippen LogP contribution in [0.4, 0.5) is 5.82 Å². The van der Waals surface area contributed by atoms with Gasteiger partial charge in [0.1, 0.15) is 5.82 Å². The minimum absolute atomic E-state index is 0.119. The number of carbonyl (C=O) groups excluding carboxylic acids is 1. The fraction of sp³-hybridized carbons (Fsp3) is 0.600. The summed E-state index contributed by atoms with van der Waals surface area (Å²) in [5.74, 6) is 1.51. The van der Waals surface area contributed by atoms with Crippen LogP contribution in [-0.2, 0) is 0 Å². The quantitative estimate of drug-likeness (QED) is 0.838. The van der Waals surface area contributed by atoms with Gasteiger partial charge in [0, 0.05) is 32.9 Å². The van der Waals surface area contributed by atoms with Gasteiger partial charge in [0.15, 0.2) is 0 Å². The molecular weight excluding hydrogens is 238 g/mol. The molecule has 0 radical (unpaired) electrons. The van der Waals surface area contributed by atoms with Crippen molar-refractivity contribution in [1.82, 2.24) is 9.88 Å². The van der Waals surface area contributed by atoms with Gasteiger partial charge in [0.25, 0.3) is 5.91 Å². The van der Waals surface area contributed by atoms with E-state index in [2.05, 4.69) is 18.8 Å². The maximum Gasteiger partial charge on any atom is 0.255 e. The summed E-state index contributed by atoms with van der Waals surface area (Å²) in [5.41, 5.74) is 0.693. The first-order valence-electron chi connectivity index (χ1n) is 6.95. The third-order valence-corrected chi connectivity index (χ3v) is 3.78. The van der Waals surface area contributed by atoms with Gasteiger partial charge in [0.05, 0.1) is 5.56 Å². The Bertz CT molecular complexity index is 439. The second kappa shape index (κ2) is 5.59. The highest BCUT2D eigenvalue weighted by Crippen LogP contribution is 2.25. The van der Waals surface area contributed by atoms with Gasteiger partial charge in [-0.3, -0.25) is 4.79 Å². The molecule has 1 aliphatic heterocycles. The average molecular weight is 261 g/mol. The lowest BCUT2D eigenvalue weighted by molar-refractivity contribution is 0.0701. The fourth-order valence-corrected chi connectivity index (χ4v) is 2.68. The van der Waals surface area contributed by atoms with Crippen molar-refractivity contribution in [2.24, 2.45) is 5.92 Å². The van der Waals surface area contributed by atoms with Gasteiger partial charge in [-0.05, 0) is 30.9 Å². The highest BCUT2D eigenvalue weighted by atomic mass is 16.2. The van der Waals surface area contributed by atoms with Crippen LogP contribution in [0.5, 0.6) is 0 Å². The summed E-state index contributed by atoms with van der Waals surface area (Å²) in [6.45, 7) is 5.24. The molecule has 104 valence electrons. The summed E-state index contributed by atoms with van der Waals surface area (Å²) in [4.78, 5) is 20.8. The van der Waals surface area contributed by atoms with Crippen LogP contribution in [0.3, 0.4) is 0 Å². The van der Waals surface area contributed by atoms with E-state index in [1.807, 2.05) is 36.0 Å². The highest BCUT2D eigenvalue weighted by Gasteiger charge is 2.31. The number of likely N-dealkylation sites (tertiary alicyclic amines) is 1. The van der Waals surface area contributed by atoms with E-state index in [9.17, 15) is 4.79 Å². The van der Waals surface area contributed by atoms with Crippen LogP contribution >= 0.6 is 0 Å². The molecule has 1 aliphatic rings. The van der Waals surface area contributed by atoms with Gasteiger partial charge < -0.3 is 9.80 Å². The summed E-state index contributed by atoms with van der Waals surface area (Å²) in [6, 6.07) is 4.15. The van der Waals surface area contributed by atoms with Gasteiger partial charge in [-0.2, -0.15) is 0 Å². The molecule has 2 heterocycles. The zero-order chi connectivity index (χ0) is 14.0. The van der Waals surface area contributed by atoms with Crippen molar-refractivity contribution >= 4 is 11.7 Å². The Hall–Kier alpha value is -1.58. The molecule has 2 rings (SSSR count). The Morgan fingerprint density at radius 2 is 2.16 bits per heavy atom. The first-order chi connectivity index (χ1) is 9.00. The molecule has 4 heteroatoms. The highest BCUT2D eigenvalue weighted by molar-refractivity contribution is 5.94. The van der Waals surface area contributed by atoms with Gasteiger partial charge in [0.2, 0.25) is 0 Å². The number of aromatic nitrogens is 1. The second-order valence-corrected chi connectivity index (χ2v) is 5.75. The Balaban J connectivity index is 2.15. The Morgan fingerprint density at radius 1 is 1.42 bits per heavy atom. The van der Waals surface area contributed by atoms with Crippen molar-refractivity contribution in [2.45, 2.75) is 32.7 Å². The minimum atomic E-state index is 0.119. The third kappa shape index (κ3) is 2.88. The number of rotatable bonds is 3. The van der Waals surface area contributed by atoms with Crippen molar-refractivity contribution in [3.8, 4) is 0 Å². The number of hydrogen-bond acceptors (Lipinski definition) is 3. The topological polar surface area (TPSA) is 36.4 Å². The summed E-state index contributed by atoms with van der Waals surface area (Å²) < 4.78 is 0. The third-order valence-electron chi connectivity index (χ3n) is 3.78. The lowest BCUT2D eigenvalue weighted by Crippen LogP contribution is -2.38. The maximum absolute atomic E-state index is 12.5. The standard InChI is InChI=1S/C15H23N3O/c1-11(2)13-6-5-9-18(13)15(19)12-7-8-14(16-10-12)17(3)4/h7-8,10-11,13H,5-6,9H2,1-4H3/t13-/m1/s1. The van der Waals surface area contributed by atoms with Crippen LogP contribution in [0.25, 0.3) is 0 Å². The average Bonchev–Trinajstić information content (AvgIpc) is 2.87. The largest absolute Gasteiger partial charge is 0.363 e. The van der Waals surface area contributed by atoms with Gasteiger partial charge >= 0.3 is 0 Å². The maximum atomic E-state index is 12.5. The molecule has 0 N–H and O–H groups in total. The van der Waals surface area contributed by atoms with E-state index in [1.54, 1.807) is 6.20 Å². The van der Waals surface area contributed by atoms with Crippen molar-refractivity contribution in [2.75, 3.05) is 25.5 Å². The molecule has 1 saturated heterocycles. The molecule has 1 atom stereocenters. The summed E-state index contributed by atoms with van der Waals surface area (Å²) in [6.07, 6.45) is 3.91. The predicted molar refractivity (Wildman–Crippen MR) is 77.5 cm³/mol. The summed E-state index contributed by atoms with van der Waals surface area (Å²) >= 11 is 0. The molecule has 1 amide bonds.